The molecule has 0 aliphatic carbocycles. The molecule has 1 fully saturated rings. The number of ketones is 1. The van der Waals surface area contributed by atoms with Crippen LogP contribution in [-0.2, 0) is 19.6 Å². The van der Waals surface area contributed by atoms with Crippen LogP contribution < -0.4 is 10.1 Å². The highest BCUT2D eigenvalue weighted by atomic mass is 32.2. The van der Waals surface area contributed by atoms with Crippen LogP contribution in [0.1, 0.15) is 34.3 Å². The van der Waals surface area contributed by atoms with E-state index < -0.39 is 10.0 Å². The van der Waals surface area contributed by atoms with E-state index in [-0.39, 0.29) is 48.2 Å². The van der Waals surface area contributed by atoms with Gasteiger partial charge in [0, 0.05) is 30.8 Å². The molecular formula is C21H26N2O6S2. The molecule has 2 aromatic rings. The molecule has 0 bridgehead atoms. The molecule has 1 aliphatic heterocycles. The highest BCUT2D eigenvalue weighted by Crippen LogP contribution is 2.30. The summed E-state index contributed by atoms with van der Waals surface area (Å²) < 4.78 is 38.0. The number of benzene rings is 1. The standard InChI is InChI=1S/C21H26N2O6S2/c1-3-29-19-7-5-16(31(26,27)23-10-12-28-13-11-23)14-17(19)22-21(25)9-6-18(24)20-8-4-15(2)30-20/h4-5,7-8,14H,3,6,9-13H2,1-2H3,(H,22,25). The fourth-order valence-corrected chi connectivity index (χ4v) is 5.40. The maximum Gasteiger partial charge on any atom is 0.243 e. The minimum Gasteiger partial charge on any atom is -0.492 e. The lowest BCUT2D eigenvalue weighted by Crippen LogP contribution is -2.40. The number of rotatable bonds is 9. The number of ether oxygens (including phenoxy) is 2. The van der Waals surface area contributed by atoms with Gasteiger partial charge in [-0.2, -0.15) is 4.31 Å². The van der Waals surface area contributed by atoms with Crippen molar-refractivity contribution in [2.45, 2.75) is 31.6 Å². The van der Waals surface area contributed by atoms with Gasteiger partial charge in [0.05, 0.1) is 35.3 Å². The zero-order chi connectivity index (χ0) is 22.4. The second-order valence-corrected chi connectivity index (χ2v) is 10.2. The summed E-state index contributed by atoms with van der Waals surface area (Å²) in [5.74, 6) is -0.109. The van der Waals surface area contributed by atoms with Crippen molar-refractivity contribution in [2.24, 2.45) is 0 Å². The average Bonchev–Trinajstić information content (AvgIpc) is 3.20. The second kappa shape index (κ2) is 10.4. The van der Waals surface area contributed by atoms with Crippen molar-refractivity contribution in [3.63, 3.8) is 0 Å². The summed E-state index contributed by atoms with van der Waals surface area (Å²) >= 11 is 1.40. The van der Waals surface area contributed by atoms with Crippen molar-refractivity contribution in [3.05, 3.63) is 40.1 Å². The van der Waals surface area contributed by atoms with E-state index in [9.17, 15) is 18.0 Å². The largest absolute Gasteiger partial charge is 0.492 e. The van der Waals surface area contributed by atoms with Crippen LogP contribution in [0.4, 0.5) is 5.69 Å². The first-order valence-corrected chi connectivity index (χ1v) is 12.3. The monoisotopic (exact) mass is 466 g/mol. The van der Waals surface area contributed by atoms with Gasteiger partial charge in [0.15, 0.2) is 5.78 Å². The van der Waals surface area contributed by atoms with E-state index in [2.05, 4.69) is 5.32 Å². The quantitative estimate of drug-likeness (QED) is 0.570. The molecule has 168 valence electrons. The van der Waals surface area contributed by atoms with Gasteiger partial charge in [-0.1, -0.05) is 0 Å². The molecule has 3 rings (SSSR count). The molecule has 1 N–H and O–H groups in total. The number of thiophene rings is 1. The molecule has 1 saturated heterocycles. The number of sulfonamides is 1. The number of carbonyl (C=O) groups is 2. The lowest BCUT2D eigenvalue weighted by atomic mass is 10.2. The normalized spacial score (nSPS) is 14.9. The third-order valence-electron chi connectivity index (χ3n) is 4.73. The van der Waals surface area contributed by atoms with Crippen LogP contribution in [0.25, 0.3) is 0 Å². The fourth-order valence-electron chi connectivity index (χ4n) is 3.13. The van der Waals surface area contributed by atoms with Gasteiger partial charge in [0.25, 0.3) is 0 Å². The van der Waals surface area contributed by atoms with E-state index in [0.29, 0.717) is 30.4 Å². The number of morpholine rings is 1. The molecule has 1 aliphatic rings. The number of anilines is 1. The zero-order valence-corrected chi connectivity index (χ0v) is 19.2. The summed E-state index contributed by atoms with van der Waals surface area (Å²) in [6, 6.07) is 8.03. The third kappa shape index (κ3) is 5.91. The molecule has 0 unspecified atom stereocenters. The summed E-state index contributed by atoms with van der Waals surface area (Å²) in [6.07, 6.45) is 0.0588. The van der Waals surface area contributed by atoms with Gasteiger partial charge in [-0.05, 0) is 44.2 Å². The Morgan fingerprint density at radius 1 is 1.16 bits per heavy atom. The van der Waals surface area contributed by atoms with Crippen LogP contribution in [0, 0.1) is 6.92 Å². The highest BCUT2D eigenvalue weighted by molar-refractivity contribution is 7.89. The summed E-state index contributed by atoms with van der Waals surface area (Å²) in [4.78, 5) is 26.5. The smallest absolute Gasteiger partial charge is 0.243 e. The number of carbonyl (C=O) groups excluding carboxylic acids is 2. The maximum absolute atomic E-state index is 12.9. The Morgan fingerprint density at radius 2 is 1.90 bits per heavy atom. The first kappa shape index (κ1) is 23.4. The zero-order valence-electron chi connectivity index (χ0n) is 17.5. The Kier molecular flexibility index (Phi) is 7.82. The summed E-state index contributed by atoms with van der Waals surface area (Å²) in [5, 5.41) is 2.70. The Balaban J connectivity index is 1.73. The van der Waals surface area contributed by atoms with E-state index >= 15 is 0 Å². The van der Waals surface area contributed by atoms with Gasteiger partial charge < -0.3 is 14.8 Å². The van der Waals surface area contributed by atoms with Crippen molar-refractivity contribution in [3.8, 4) is 5.75 Å². The molecule has 0 radical (unpaired) electrons. The molecule has 0 atom stereocenters. The lowest BCUT2D eigenvalue weighted by molar-refractivity contribution is -0.116. The number of Topliss-reactive ketones (excluding diaryl/α,β-unsaturated/α-hetero) is 1. The molecule has 10 heteroatoms. The topological polar surface area (TPSA) is 102 Å². The van der Waals surface area contributed by atoms with Crippen LogP contribution in [0.5, 0.6) is 5.75 Å². The SMILES string of the molecule is CCOc1ccc(S(=O)(=O)N2CCOCC2)cc1NC(=O)CCC(=O)c1ccc(C)s1. The Hall–Kier alpha value is -2.27. The van der Waals surface area contributed by atoms with Gasteiger partial charge in [-0.25, -0.2) is 8.42 Å². The predicted molar refractivity (Wildman–Crippen MR) is 118 cm³/mol. The highest BCUT2D eigenvalue weighted by Gasteiger charge is 2.27. The molecule has 1 aromatic heterocycles. The predicted octanol–water partition coefficient (Wildman–Crippen LogP) is 3.08. The molecule has 1 aromatic carbocycles. The van der Waals surface area contributed by atoms with E-state index in [4.69, 9.17) is 9.47 Å². The van der Waals surface area contributed by atoms with E-state index in [1.165, 1.54) is 33.8 Å². The van der Waals surface area contributed by atoms with Crippen molar-refractivity contribution in [1.82, 2.24) is 4.31 Å². The van der Waals surface area contributed by atoms with Crippen molar-refractivity contribution in [2.75, 3.05) is 38.2 Å². The summed E-state index contributed by atoms with van der Waals surface area (Å²) in [6.45, 7) is 5.32. The average molecular weight is 467 g/mol. The first-order valence-electron chi connectivity index (χ1n) is 10.1. The summed E-state index contributed by atoms with van der Waals surface area (Å²) in [5.41, 5.74) is 0.264. The Bertz CT molecular complexity index is 1040. The number of nitrogens with zero attached hydrogens (tertiary/aromatic N) is 1. The van der Waals surface area contributed by atoms with E-state index in [1.54, 1.807) is 13.0 Å². The van der Waals surface area contributed by atoms with Crippen LogP contribution in [0.15, 0.2) is 35.2 Å². The van der Waals surface area contributed by atoms with Gasteiger partial charge in [-0.15, -0.1) is 11.3 Å². The Morgan fingerprint density at radius 3 is 2.55 bits per heavy atom. The minimum atomic E-state index is -3.72. The molecule has 1 amide bonds. The molecule has 0 saturated carbocycles. The van der Waals surface area contributed by atoms with Crippen LogP contribution in [0.2, 0.25) is 0 Å². The number of nitrogens with one attached hydrogen (secondary N) is 1. The van der Waals surface area contributed by atoms with Gasteiger partial charge in [-0.3, -0.25) is 9.59 Å². The lowest BCUT2D eigenvalue weighted by Gasteiger charge is -2.26. The first-order chi connectivity index (χ1) is 14.8. The number of hydrogen-bond donors (Lipinski definition) is 1. The number of aryl methyl sites for hydroxylation is 1. The molecular weight excluding hydrogens is 440 g/mol. The van der Waals surface area contributed by atoms with Crippen LogP contribution >= 0.6 is 11.3 Å². The summed E-state index contributed by atoms with van der Waals surface area (Å²) in [7, 11) is -3.72. The number of hydrogen-bond acceptors (Lipinski definition) is 7. The van der Waals surface area contributed by atoms with Crippen molar-refractivity contribution < 1.29 is 27.5 Å². The minimum absolute atomic E-state index is 0.0121. The second-order valence-electron chi connectivity index (χ2n) is 6.99. The maximum atomic E-state index is 12.9. The van der Waals surface area contributed by atoms with Crippen LogP contribution in [0.3, 0.4) is 0 Å². The molecule has 8 nitrogen and oxygen atoms in total. The molecule has 31 heavy (non-hydrogen) atoms. The van der Waals surface area contributed by atoms with E-state index in [1.807, 2.05) is 13.0 Å². The van der Waals surface area contributed by atoms with Gasteiger partial charge in [0.2, 0.25) is 15.9 Å². The molecule has 2 heterocycles. The van der Waals surface area contributed by atoms with E-state index in [0.717, 1.165) is 4.88 Å². The molecule has 0 spiro atoms. The van der Waals surface area contributed by atoms with Crippen LogP contribution in [-0.4, -0.2) is 57.3 Å². The third-order valence-corrected chi connectivity index (χ3v) is 7.66. The van der Waals surface area contributed by atoms with Crippen molar-refractivity contribution >= 4 is 38.7 Å². The van der Waals surface area contributed by atoms with Gasteiger partial charge in [0.1, 0.15) is 5.75 Å². The Labute approximate surface area is 186 Å². The van der Waals surface area contributed by atoms with Crippen molar-refractivity contribution in [1.29, 1.82) is 0 Å². The van der Waals surface area contributed by atoms with Gasteiger partial charge >= 0.3 is 0 Å². The number of amides is 1. The fraction of sp³-hybridized carbons (Fsp3) is 0.429.